The molecule has 1 aliphatic heterocycles. The fourth-order valence-corrected chi connectivity index (χ4v) is 3.67. The van der Waals surface area contributed by atoms with E-state index in [1.54, 1.807) is 0 Å². The van der Waals surface area contributed by atoms with E-state index in [2.05, 4.69) is 4.98 Å². The summed E-state index contributed by atoms with van der Waals surface area (Å²) >= 11 is 7.37. The van der Waals surface area contributed by atoms with Crippen LogP contribution in [-0.4, -0.2) is 35.0 Å². The van der Waals surface area contributed by atoms with Gasteiger partial charge in [-0.05, 0) is 25.0 Å². The van der Waals surface area contributed by atoms with Crippen LogP contribution in [0.25, 0.3) is 10.6 Å². The Labute approximate surface area is 154 Å². The quantitative estimate of drug-likeness (QED) is 0.826. The van der Waals surface area contributed by atoms with Crippen LogP contribution in [0.4, 0.5) is 4.79 Å². The third-order valence-corrected chi connectivity index (χ3v) is 5.26. The molecule has 1 aromatic heterocycles. The van der Waals surface area contributed by atoms with E-state index in [0.29, 0.717) is 30.2 Å². The topological polar surface area (TPSA) is 85.5 Å². The average Bonchev–Trinajstić information content (AvgIpc) is 3.09. The van der Waals surface area contributed by atoms with Crippen molar-refractivity contribution in [3.8, 4) is 10.6 Å². The summed E-state index contributed by atoms with van der Waals surface area (Å²) in [5.41, 5.74) is 6.95. The summed E-state index contributed by atoms with van der Waals surface area (Å²) in [5, 5.41) is 3.39. The highest BCUT2D eigenvalue weighted by Gasteiger charge is 2.28. The summed E-state index contributed by atoms with van der Waals surface area (Å²) in [6.45, 7) is 1.03. The summed E-state index contributed by atoms with van der Waals surface area (Å²) in [5.74, 6) is -0.636. The van der Waals surface area contributed by atoms with Crippen LogP contribution in [0.3, 0.4) is 0 Å². The molecule has 2 N–H and O–H groups in total. The summed E-state index contributed by atoms with van der Waals surface area (Å²) in [6, 6.07) is 6.93. The van der Waals surface area contributed by atoms with E-state index < -0.39 is 6.03 Å². The third kappa shape index (κ3) is 4.49. The molecule has 1 atom stereocenters. The molecular formula is C17H18ClN3O3S. The molecule has 0 radical (unpaired) electrons. The number of urea groups is 1. The Morgan fingerprint density at radius 1 is 1.36 bits per heavy atom. The highest BCUT2D eigenvalue weighted by molar-refractivity contribution is 7.13. The minimum absolute atomic E-state index is 0.121. The van der Waals surface area contributed by atoms with Gasteiger partial charge in [0, 0.05) is 29.1 Å². The SMILES string of the molecule is NC(=O)N1CCC[C@H](C(=O)OCc2csc(-c3ccc(Cl)cc3)n2)C1. The molecule has 2 heterocycles. The fourth-order valence-electron chi connectivity index (χ4n) is 2.73. The van der Waals surface area contributed by atoms with Gasteiger partial charge in [0.25, 0.3) is 0 Å². The van der Waals surface area contributed by atoms with Crippen molar-refractivity contribution in [3.05, 3.63) is 40.4 Å². The number of carbonyl (C=O) groups is 2. The number of likely N-dealkylation sites (tertiary alicyclic amines) is 1. The molecule has 3 rings (SSSR count). The molecule has 132 valence electrons. The van der Waals surface area contributed by atoms with Crippen molar-refractivity contribution in [1.82, 2.24) is 9.88 Å². The van der Waals surface area contributed by atoms with Gasteiger partial charge in [-0.15, -0.1) is 11.3 Å². The Balaban J connectivity index is 1.56. The van der Waals surface area contributed by atoms with Crippen LogP contribution in [-0.2, 0) is 16.1 Å². The standard InChI is InChI=1S/C17H18ClN3O3S/c18-13-5-3-11(4-6-13)15-20-14(10-25-15)9-24-16(22)12-2-1-7-21(8-12)17(19)23/h3-6,10,12H,1-2,7-9H2,(H2,19,23)/t12-/m0/s1. The number of hydrogen-bond donors (Lipinski definition) is 1. The number of benzene rings is 1. The number of esters is 1. The number of nitrogens with zero attached hydrogens (tertiary/aromatic N) is 2. The first-order valence-corrected chi connectivity index (χ1v) is 9.20. The number of amides is 2. The predicted molar refractivity (Wildman–Crippen MR) is 96.2 cm³/mol. The predicted octanol–water partition coefficient (Wildman–Crippen LogP) is 3.30. The summed E-state index contributed by atoms with van der Waals surface area (Å²) in [4.78, 5) is 29.4. The number of primary amides is 1. The molecule has 1 aliphatic rings. The van der Waals surface area contributed by atoms with Gasteiger partial charge in [0.05, 0.1) is 11.6 Å². The average molecular weight is 380 g/mol. The zero-order valence-corrected chi connectivity index (χ0v) is 15.1. The molecule has 2 aromatic rings. The van der Waals surface area contributed by atoms with Crippen molar-refractivity contribution >= 4 is 34.9 Å². The minimum Gasteiger partial charge on any atom is -0.459 e. The molecule has 1 aromatic carbocycles. The second-order valence-electron chi connectivity index (χ2n) is 5.88. The molecule has 1 saturated heterocycles. The number of hydrogen-bond acceptors (Lipinski definition) is 5. The lowest BCUT2D eigenvalue weighted by Gasteiger charge is -2.30. The molecule has 0 bridgehead atoms. The van der Waals surface area contributed by atoms with Gasteiger partial charge >= 0.3 is 12.0 Å². The van der Waals surface area contributed by atoms with E-state index in [4.69, 9.17) is 22.1 Å². The number of carbonyl (C=O) groups excluding carboxylic acids is 2. The smallest absolute Gasteiger partial charge is 0.314 e. The highest BCUT2D eigenvalue weighted by Crippen LogP contribution is 2.25. The fraction of sp³-hybridized carbons (Fsp3) is 0.353. The van der Waals surface area contributed by atoms with Crippen LogP contribution in [0.5, 0.6) is 0 Å². The normalized spacial score (nSPS) is 17.3. The monoisotopic (exact) mass is 379 g/mol. The first-order chi connectivity index (χ1) is 12.0. The van der Waals surface area contributed by atoms with Gasteiger partial charge < -0.3 is 15.4 Å². The summed E-state index contributed by atoms with van der Waals surface area (Å²) in [6.07, 6.45) is 1.45. The van der Waals surface area contributed by atoms with Crippen molar-refractivity contribution in [2.45, 2.75) is 19.4 Å². The van der Waals surface area contributed by atoms with Crippen molar-refractivity contribution in [2.75, 3.05) is 13.1 Å². The number of rotatable bonds is 4. The number of aromatic nitrogens is 1. The number of nitrogens with two attached hydrogens (primary N) is 1. The maximum absolute atomic E-state index is 12.2. The first kappa shape index (κ1) is 17.7. The molecule has 0 unspecified atom stereocenters. The third-order valence-electron chi connectivity index (χ3n) is 4.07. The number of piperidine rings is 1. The molecule has 6 nitrogen and oxygen atoms in total. The first-order valence-electron chi connectivity index (χ1n) is 7.94. The summed E-state index contributed by atoms with van der Waals surface area (Å²) in [7, 11) is 0. The van der Waals surface area contributed by atoms with E-state index in [1.807, 2.05) is 29.6 Å². The molecule has 25 heavy (non-hydrogen) atoms. The lowest BCUT2D eigenvalue weighted by Crippen LogP contribution is -2.45. The van der Waals surface area contributed by atoms with E-state index in [9.17, 15) is 9.59 Å². The number of ether oxygens (including phenoxy) is 1. The Bertz CT molecular complexity index is 763. The van der Waals surface area contributed by atoms with Gasteiger partial charge in [-0.25, -0.2) is 9.78 Å². The molecule has 1 fully saturated rings. The van der Waals surface area contributed by atoms with Crippen LogP contribution in [0.15, 0.2) is 29.6 Å². The van der Waals surface area contributed by atoms with Crippen LogP contribution >= 0.6 is 22.9 Å². The Kier molecular flexibility index (Phi) is 5.55. The van der Waals surface area contributed by atoms with Crippen LogP contribution in [0.1, 0.15) is 18.5 Å². The van der Waals surface area contributed by atoms with E-state index in [1.165, 1.54) is 16.2 Å². The van der Waals surface area contributed by atoms with Crippen molar-refractivity contribution in [1.29, 1.82) is 0 Å². The van der Waals surface area contributed by atoms with Gasteiger partial charge in [-0.2, -0.15) is 0 Å². The maximum atomic E-state index is 12.2. The largest absolute Gasteiger partial charge is 0.459 e. The van der Waals surface area contributed by atoms with Gasteiger partial charge in [-0.3, -0.25) is 4.79 Å². The maximum Gasteiger partial charge on any atom is 0.314 e. The van der Waals surface area contributed by atoms with Crippen molar-refractivity contribution < 1.29 is 14.3 Å². The van der Waals surface area contributed by atoms with Crippen molar-refractivity contribution in [3.63, 3.8) is 0 Å². The van der Waals surface area contributed by atoms with Crippen molar-refractivity contribution in [2.24, 2.45) is 11.7 Å². The zero-order valence-electron chi connectivity index (χ0n) is 13.5. The van der Waals surface area contributed by atoms with E-state index in [0.717, 1.165) is 17.0 Å². The lowest BCUT2D eigenvalue weighted by molar-refractivity contribution is -0.151. The second-order valence-corrected chi connectivity index (χ2v) is 7.18. The Morgan fingerprint density at radius 2 is 2.12 bits per heavy atom. The molecule has 0 aliphatic carbocycles. The molecule has 2 amide bonds. The number of halogens is 1. The zero-order chi connectivity index (χ0) is 17.8. The minimum atomic E-state index is -0.496. The van der Waals surface area contributed by atoms with Gasteiger partial charge in [0.1, 0.15) is 11.6 Å². The van der Waals surface area contributed by atoms with Crippen LogP contribution in [0, 0.1) is 5.92 Å². The van der Waals surface area contributed by atoms with Crippen LogP contribution in [0.2, 0.25) is 5.02 Å². The van der Waals surface area contributed by atoms with Gasteiger partial charge in [0.2, 0.25) is 0 Å². The Morgan fingerprint density at radius 3 is 2.84 bits per heavy atom. The molecule has 8 heteroatoms. The number of thiazole rings is 1. The van der Waals surface area contributed by atoms with Gasteiger partial charge in [-0.1, -0.05) is 23.7 Å². The lowest BCUT2D eigenvalue weighted by atomic mass is 9.98. The highest BCUT2D eigenvalue weighted by atomic mass is 35.5. The van der Waals surface area contributed by atoms with E-state index >= 15 is 0 Å². The van der Waals surface area contributed by atoms with Crippen LogP contribution < -0.4 is 5.73 Å². The second kappa shape index (κ2) is 7.84. The summed E-state index contributed by atoms with van der Waals surface area (Å²) < 4.78 is 5.37. The Hall–Kier alpha value is -2.12. The molecule has 0 spiro atoms. The molecule has 0 saturated carbocycles. The van der Waals surface area contributed by atoms with Gasteiger partial charge in [0.15, 0.2) is 0 Å². The molecular weight excluding hydrogens is 362 g/mol. The van der Waals surface area contributed by atoms with E-state index in [-0.39, 0.29) is 18.5 Å².